The van der Waals surface area contributed by atoms with Crippen molar-refractivity contribution in [3.63, 3.8) is 0 Å². The zero-order valence-corrected chi connectivity index (χ0v) is 10.7. The molecule has 0 radical (unpaired) electrons. The standard InChI is InChI=1S/C13H16N2O3/c1-4-13(11(16)15(2)12(17)14-13)9-5-7-10(18-3)8-6-9/h5-8H,4H2,1-3H3,(H,14,17)/t13-/m0/s1. The van der Waals surface area contributed by atoms with E-state index >= 15 is 0 Å². The van der Waals surface area contributed by atoms with Crippen molar-refractivity contribution in [3.8, 4) is 5.75 Å². The van der Waals surface area contributed by atoms with Crippen molar-refractivity contribution in [2.75, 3.05) is 14.2 Å². The molecule has 5 nitrogen and oxygen atoms in total. The van der Waals surface area contributed by atoms with E-state index in [4.69, 9.17) is 4.74 Å². The molecule has 1 saturated heterocycles. The van der Waals surface area contributed by atoms with Gasteiger partial charge in [0.25, 0.3) is 5.91 Å². The number of methoxy groups -OCH3 is 1. The molecular weight excluding hydrogens is 232 g/mol. The summed E-state index contributed by atoms with van der Waals surface area (Å²) in [6, 6.07) is 6.81. The number of rotatable bonds is 3. The van der Waals surface area contributed by atoms with Crippen LogP contribution in [-0.2, 0) is 10.3 Å². The number of likely N-dealkylation sites (N-methyl/N-ethyl adjacent to an activating group) is 1. The average molecular weight is 248 g/mol. The smallest absolute Gasteiger partial charge is 0.325 e. The molecule has 0 aromatic heterocycles. The van der Waals surface area contributed by atoms with Crippen LogP contribution in [0, 0.1) is 0 Å². The second kappa shape index (κ2) is 4.33. The number of amides is 3. The Hall–Kier alpha value is -2.04. The Labute approximate surface area is 106 Å². The number of carbonyl (C=O) groups excluding carboxylic acids is 2. The SMILES string of the molecule is CC[C@@]1(c2ccc(OC)cc2)NC(=O)N(C)C1=O. The molecule has 1 aliphatic rings. The van der Waals surface area contributed by atoms with Crippen molar-refractivity contribution >= 4 is 11.9 Å². The van der Waals surface area contributed by atoms with Crippen LogP contribution in [0.2, 0.25) is 0 Å². The quantitative estimate of drug-likeness (QED) is 0.824. The van der Waals surface area contributed by atoms with Crippen molar-refractivity contribution in [2.45, 2.75) is 18.9 Å². The molecule has 1 fully saturated rings. The van der Waals surface area contributed by atoms with Gasteiger partial charge >= 0.3 is 6.03 Å². The van der Waals surface area contributed by atoms with Gasteiger partial charge in [-0.2, -0.15) is 0 Å². The zero-order valence-electron chi connectivity index (χ0n) is 10.7. The van der Waals surface area contributed by atoms with E-state index < -0.39 is 5.54 Å². The van der Waals surface area contributed by atoms with Crippen molar-refractivity contribution in [2.24, 2.45) is 0 Å². The maximum absolute atomic E-state index is 12.2. The van der Waals surface area contributed by atoms with E-state index in [1.807, 2.05) is 6.92 Å². The summed E-state index contributed by atoms with van der Waals surface area (Å²) in [7, 11) is 3.07. The lowest BCUT2D eigenvalue weighted by atomic mass is 9.87. The molecule has 1 aromatic rings. The Morgan fingerprint density at radius 1 is 1.28 bits per heavy atom. The fourth-order valence-corrected chi connectivity index (χ4v) is 2.21. The van der Waals surface area contributed by atoms with Crippen LogP contribution in [0.4, 0.5) is 4.79 Å². The number of carbonyl (C=O) groups is 2. The van der Waals surface area contributed by atoms with Gasteiger partial charge in [0, 0.05) is 7.05 Å². The number of nitrogens with one attached hydrogen (secondary N) is 1. The lowest BCUT2D eigenvalue weighted by molar-refractivity contribution is -0.130. The summed E-state index contributed by atoms with van der Waals surface area (Å²) in [5.41, 5.74) is -0.175. The Morgan fingerprint density at radius 2 is 1.89 bits per heavy atom. The highest BCUT2D eigenvalue weighted by atomic mass is 16.5. The maximum Gasteiger partial charge on any atom is 0.325 e. The van der Waals surface area contributed by atoms with Gasteiger partial charge in [0.2, 0.25) is 0 Å². The third-order valence-electron chi connectivity index (χ3n) is 3.41. The monoisotopic (exact) mass is 248 g/mol. The number of hydrogen-bond donors (Lipinski definition) is 1. The summed E-state index contributed by atoms with van der Waals surface area (Å²) in [5.74, 6) is 0.496. The van der Waals surface area contributed by atoms with Gasteiger partial charge in [0.15, 0.2) is 0 Å². The molecule has 0 aliphatic carbocycles. The Balaban J connectivity index is 2.44. The van der Waals surface area contributed by atoms with Crippen LogP contribution in [0.1, 0.15) is 18.9 Å². The molecule has 1 heterocycles. The summed E-state index contributed by atoms with van der Waals surface area (Å²) in [6.45, 7) is 1.88. The minimum atomic E-state index is -0.946. The number of urea groups is 1. The highest BCUT2D eigenvalue weighted by Gasteiger charge is 2.49. The van der Waals surface area contributed by atoms with Gasteiger partial charge in [0.05, 0.1) is 7.11 Å². The van der Waals surface area contributed by atoms with Crippen LogP contribution in [0.5, 0.6) is 5.75 Å². The molecule has 1 aromatic carbocycles. The number of benzene rings is 1. The minimum absolute atomic E-state index is 0.222. The first-order valence-electron chi connectivity index (χ1n) is 5.80. The fraction of sp³-hybridized carbons (Fsp3) is 0.385. The van der Waals surface area contributed by atoms with Crippen molar-refractivity contribution in [1.29, 1.82) is 0 Å². The van der Waals surface area contributed by atoms with Gasteiger partial charge in [-0.25, -0.2) is 4.79 Å². The molecule has 18 heavy (non-hydrogen) atoms. The third kappa shape index (κ3) is 1.63. The highest BCUT2D eigenvalue weighted by Crippen LogP contribution is 2.32. The van der Waals surface area contributed by atoms with E-state index in [2.05, 4.69) is 5.32 Å². The first kappa shape index (κ1) is 12.4. The summed E-state index contributed by atoms with van der Waals surface area (Å²) < 4.78 is 5.08. The number of nitrogens with zero attached hydrogens (tertiary/aromatic N) is 1. The largest absolute Gasteiger partial charge is 0.497 e. The van der Waals surface area contributed by atoms with Gasteiger partial charge in [-0.3, -0.25) is 9.69 Å². The molecule has 0 spiro atoms. The van der Waals surface area contributed by atoms with E-state index in [0.29, 0.717) is 6.42 Å². The van der Waals surface area contributed by atoms with Crippen LogP contribution < -0.4 is 10.1 Å². The first-order chi connectivity index (χ1) is 8.55. The molecular formula is C13H16N2O3. The molecule has 1 aliphatic heterocycles. The van der Waals surface area contributed by atoms with Gasteiger partial charge < -0.3 is 10.1 Å². The van der Waals surface area contributed by atoms with Crippen molar-refractivity contribution < 1.29 is 14.3 Å². The number of imide groups is 1. The van der Waals surface area contributed by atoms with E-state index in [1.165, 1.54) is 7.05 Å². The second-order valence-electron chi connectivity index (χ2n) is 4.28. The fourth-order valence-electron chi connectivity index (χ4n) is 2.21. The number of hydrogen-bond acceptors (Lipinski definition) is 3. The average Bonchev–Trinajstić information content (AvgIpc) is 2.64. The minimum Gasteiger partial charge on any atom is -0.497 e. The van der Waals surface area contributed by atoms with Gasteiger partial charge in [-0.05, 0) is 24.1 Å². The Kier molecular flexibility index (Phi) is 2.98. The second-order valence-corrected chi connectivity index (χ2v) is 4.28. The van der Waals surface area contributed by atoms with Crippen LogP contribution in [0.15, 0.2) is 24.3 Å². The first-order valence-corrected chi connectivity index (χ1v) is 5.80. The molecule has 0 bridgehead atoms. The van der Waals surface area contributed by atoms with Crippen molar-refractivity contribution in [1.82, 2.24) is 10.2 Å². The summed E-state index contributed by atoms with van der Waals surface area (Å²) >= 11 is 0. The third-order valence-corrected chi connectivity index (χ3v) is 3.41. The van der Waals surface area contributed by atoms with Crippen LogP contribution in [0.25, 0.3) is 0 Å². The van der Waals surface area contributed by atoms with E-state index in [9.17, 15) is 9.59 Å². The molecule has 1 N–H and O–H groups in total. The molecule has 2 rings (SSSR count). The Bertz CT molecular complexity index is 484. The topological polar surface area (TPSA) is 58.6 Å². The van der Waals surface area contributed by atoms with E-state index in [-0.39, 0.29) is 11.9 Å². The zero-order chi connectivity index (χ0) is 13.3. The van der Waals surface area contributed by atoms with Gasteiger partial charge in [0.1, 0.15) is 11.3 Å². The number of ether oxygens (including phenoxy) is 1. The van der Waals surface area contributed by atoms with Gasteiger partial charge in [-0.1, -0.05) is 19.1 Å². The van der Waals surface area contributed by atoms with Crippen LogP contribution in [-0.4, -0.2) is 31.0 Å². The lowest BCUT2D eigenvalue weighted by Crippen LogP contribution is -2.43. The highest BCUT2D eigenvalue weighted by molar-refractivity contribution is 6.07. The van der Waals surface area contributed by atoms with Gasteiger partial charge in [-0.15, -0.1) is 0 Å². The molecule has 1 atom stereocenters. The summed E-state index contributed by atoms with van der Waals surface area (Å²) in [6.07, 6.45) is 0.508. The van der Waals surface area contributed by atoms with Crippen molar-refractivity contribution in [3.05, 3.63) is 29.8 Å². The maximum atomic E-state index is 12.2. The molecule has 3 amide bonds. The van der Waals surface area contributed by atoms with Crippen LogP contribution >= 0.6 is 0 Å². The summed E-state index contributed by atoms with van der Waals surface area (Å²) in [4.78, 5) is 25.0. The molecule has 5 heteroatoms. The van der Waals surface area contributed by atoms with Crippen LogP contribution in [0.3, 0.4) is 0 Å². The Morgan fingerprint density at radius 3 is 2.28 bits per heavy atom. The predicted octanol–water partition coefficient (Wildman–Crippen LogP) is 1.48. The molecule has 96 valence electrons. The summed E-state index contributed by atoms with van der Waals surface area (Å²) in [5, 5.41) is 2.77. The lowest BCUT2D eigenvalue weighted by Gasteiger charge is -2.25. The molecule has 0 unspecified atom stereocenters. The van der Waals surface area contributed by atoms with E-state index in [1.54, 1.807) is 31.4 Å². The molecule has 0 saturated carbocycles. The van der Waals surface area contributed by atoms with E-state index in [0.717, 1.165) is 16.2 Å². The normalized spacial score (nSPS) is 23.2. The predicted molar refractivity (Wildman–Crippen MR) is 66.3 cm³/mol.